The second-order valence-electron chi connectivity index (χ2n) is 7.14. The summed E-state index contributed by atoms with van der Waals surface area (Å²) in [5.74, 6) is 1.08. The van der Waals surface area contributed by atoms with Crippen molar-refractivity contribution in [2.24, 2.45) is 4.99 Å². The molecule has 0 saturated carbocycles. The summed E-state index contributed by atoms with van der Waals surface area (Å²) < 4.78 is 35.1. The number of halogens is 2. The van der Waals surface area contributed by atoms with Crippen LogP contribution in [0.5, 0.6) is 11.5 Å². The van der Waals surface area contributed by atoms with Crippen LogP contribution >= 0.6 is 0 Å². The fraction of sp³-hybridized carbons (Fsp3) is 0.381. The van der Waals surface area contributed by atoms with E-state index in [1.54, 1.807) is 12.1 Å². The van der Waals surface area contributed by atoms with Crippen LogP contribution in [0.25, 0.3) is 5.70 Å². The average molecular weight is 402 g/mol. The van der Waals surface area contributed by atoms with Crippen molar-refractivity contribution >= 4 is 11.5 Å². The third-order valence-corrected chi connectivity index (χ3v) is 5.11. The predicted molar refractivity (Wildman–Crippen MR) is 108 cm³/mol. The summed E-state index contributed by atoms with van der Waals surface area (Å²) in [6, 6.07) is 5.40. The number of rotatable bonds is 5. The van der Waals surface area contributed by atoms with Crippen LogP contribution in [-0.2, 0) is 0 Å². The number of allylic oxidation sites excluding steroid dienone is 1. The van der Waals surface area contributed by atoms with E-state index in [-0.39, 0.29) is 11.5 Å². The van der Waals surface area contributed by atoms with Crippen molar-refractivity contribution in [1.82, 2.24) is 15.1 Å². The van der Waals surface area contributed by atoms with Gasteiger partial charge in [-0.25, -0.2) is 4.99 Å². The molecule has 0 spiro atoms. The molecule has 3 aliphatic rings. The van der Waals surface area contributed by atoms with Crippen LogP contribution in [0.15, 0.2) is 53.3 Å². The number of nitrogens with one attached hydrogen (secondary N) is 1. The van der Waals surface area contributed by atoms with E-state index in [9.17, 15) is 8.78 Å². The number of hydrogen-bond donors (Lipinski definition) is 1. The second-order valence-corrected chi connectivity index (χ2v) is 7.14. The molecule has 1 atom stereocenters. The molecule has 0 aliphatic carbocycles. The summed E-state index contributed by atoms with van der Waals surface area (Å²) >= 11 is 0. The monoisotopic (exact) mass is 402 g/mol. The first kappa shape index (κ1) is 19.4. The van der Waals surface area contributed by atoms with Gasteiger partial charge in [0.1, 0.15) is 5.84 Å². The quantitative estimate of drug-likeness (QED) is 0.821. The standard InChI is InChI=1S/C21H24F2N4O2/c1-14-12-26(10-8-24-14)16-4-6-20-25-17(7-9-27(20)13-16)15-3-5-18(28-2)19(11-15)29-21(22)23/h3-7,11,13-14,21,24H,8-10,12H2,1-2H3/t14-/m0/s1. The lowest BCUT2D eigenvalue weighted by Gasteiger charge is -2.37. The molecule has 0 radical (unpaired) electrons. The van der Waals surface area contributed by atoms with Gasteiger partial charge in [-0.3, -0.25) is 0 Å². The van der Waals surface area contributed by atoms with Crippen LogP contribution in [0.4, 0.5) is 8.78 Å². The predicted octanol–water partition coefficient (Wildman–Crippen LogP) is 3.06. The van der Waals surface area contributed by atoms with Gasteiger partial charge in [0.05, 0.1) is 18.5 Å². The minimum absolute atomic E-state index is 0.00211. The van der Waals surface area contributed by atoms with Gasteiger partial charge in [0, 0.05) is 44.0 Å². The molecule has 1 saturated heterocycles. The minimum atomic E-state index is -2.92. The minimum Gasteiger partial charge on any atom is -0.493 e. The van der Waals surface area contributed by atoms with Crippen LogP contribution in [0.3, 0.4) is 0 Å². The Labute approximate surface area is 168 Å². The normalized spacial score (nSPS) is 21.4. The van der Waals surface area contributed by atoms with Crippen LogP contribution in [0.1, 0.15) is 12.5 Å². The maximum atomic E-state index is 12.7. The summed E-state index contributed by atoms with van der Waals surface area (Å²) in [6.07, 6.45) is 8.17. The Hall–Kier alpha value is -2.87. The molecule has 1 aromatic rings. The summed E-state index contributed by atoms with van der Waals surface area (Å²) in [5, 5.41) is 3.45. The van der Waals surface area contributed by atoms with E-state index in [1.807, 2.05) is 12.2 Å². The van der Waals surface area contributed by atoms with Gasteiger partial charge >= 0.3 is 6.61 Å². The van der Waals surface area contributed by atoms with E-state index in [0.29, 0.717) is 18.2 Å². The van der Waals surface area contributed by atoms with Crippen molar-refractivity contribution in [1.29, 1.82) is 0 Å². The van der Waals surface area contributed by atoms with Crippen molar-refractivity contribution in [2.45, 2.75) is 19.6 Å². The first-order valence-corrected chi connectivity index (χ1v) is 9.60. The number of fused-ring (bicyclic) bond motifs is 1. The maximum absolute atomic E-state index is 12.7. The number of aliphatic imine (C=N–C) groups is 1. The van der Waals surface area contributed by atoms with Crippen LogP contribution < -0.4 is 14.8 Å². The zero-order valence-corrected chi connectivity index (χ0v) is 16.4. The number of ether oxygens (including phenoxy) is 2. The molecule has 1 fully saturated rings. The Balaban J connectivity index is 1.53. The zero-order chi connectivity index (χ0) is 20.4. The zero-order valence-electron chi connectivity index (χ0n) is 16.4. The Morgan fingerprint density at radius 1 is 1.24 bits per heavy atom. The van der Waals surface area contributed by atoms with E-state index in [0.717, 1.165) is 31.2 Å². The van der Waals surface area contributed by atoms with Gasteiger partial charge in [0.25, 0.3) is 0 Å². The topological polar surface area (TPSA) is 49.3 Å². The largest absolute Gasteiger partial charge is 0.493 e. The summed E-state index contributed by atoms with van der Waals surface area (Å²) in [4.78, 5) is 9.16. The van der Waals surface area contributed by atoms with Gasteiger partial charge in [-0.2, -0.15) is 8.78 Å². The summed E-state index contributed by atoms with van der Waals surface area (Å²) in [5.41, 5.74) is 2.59. The molecule has 0 amide bonds. The SMILES string of the molecule is COc1ccc(C2=CCN3C=C(N4CCN[C@@H](C)C4)C=CC3=N2)cc1OC(F)F. The lowest BCUT2D eigenvalue weighted by Crippen LogP contribution is -2.49. The van der Waals surface area contributed by atoms with Crippen LogP contribution in [0.2, 0.25) is 0 Å². The third kappa shape index (κ3) is 4.27. The molecular formula is C21H24F2N4O2. The van der Waals surface area contributed by atoms with E-state index in [4.69, 9.17) is 9.73 Å². The molecule has 0 bridgehead atoms. The Kier molecular flexibility index (Phi) is 5.53. The van der Waals surface area contributed by atoms with E-state index in [1.165, 1.54) is 18.9 Å². The van der Waals surface area contributed by atoms with Gasteiger partial charge in [-0.1, -0.05) is 0 Å². The van der Waals surface area contributed by atoms with Crippen molar-refractivity contribution < 1.29 is 18.3 Å². The number of piperazine rings is 1. The van der Waals surface area contributed by atoms with Crippen molar-refractivity contribution in [3.05, 3.63) is 53.9 Å². The molecule has 0 unspecified atom stereocenters. The summed E-state index contributed by atoms with van der Waals surface area (Å²) in [7, 11) is 1.42. The van der Waals surface area contributed by atoms with Gasteiger partial charge in [-0.05, 0) is 43.4 Å². The number of alkyl halides is 2. The second kappa shape index (κ2) is 8.24. The third-order valence-electron chi connectivity index (χ3n) is 5.11. The molecule has 29 heavy (non-hydrogen) atoms. The first-order valence-electron chi connectivity index (χ1n) is 9.60. The van der Waals surface area contributed by atoms with E-state index >= 15 is 0 Å². The molecule has 3 aliphatic heterocycles. The van der Waals surface area contributed by atoms with Crippen molar-refractivity contribution in [3.63, 3.8) is 0 Å². The molecule has 4 rings (SSSR count). The van der Waals surface area contributed by atoms with Crippen LogP contribution in [-0.4, -0.2) is 61.6 Å². The van der Waals surface area contributed by atoms with E-state index in [2.05, 4.69) is 39.1 Å². The molecule has 154 valence electrons. The fourth-order valence-corrected chi connectivity index (χ4v) is 3.69. The highest BCUT2D eigenvalue weighted by Crippen LogP contribution is 2.33. The number of methoxy groups -OCH3 is 1. The molecule has 1 aromatic carbocycles. The van der Waals surface area contributed by atoms with Gasteiger partial charge < -0.3 is 24.6 Å². The Morgan fingerprint density at radius 3 is 2.86 bits per heavy atom. The smallest absolute Gasteiger partial charge is 0.387 e. The molecular weight excluding hydrogens is 378 g/mol. The lowest BCUT2D eigenvalue weighted by atomic mass is 10.1. The fourth-order valence-electron chi connectivity index (χ4n) is 3.69. The lowest BCUT2D eigenvalue weighted by molar-refractivity contribution is -0.0512. The number of benzene rings is 1. The highest BCUT2D eigenvalue weighted by molar-refractivity contribution is 6.00. The first-order chi connectivity index (χ1) is 14.0. The number of hydrogen-bond acceptors (Lipinski definition) is 6. The highest BCUT2D eigenvalue weighted by atomic mass is 19.3. The average Bonchev–Trinajstić information content (AvgIpc) is 2.72. The van der Waals surface area contributed by atoms with Gasteiger partial charge in [0.15, 0.2) is 11.5 Å². The summed E-state index contributed by atoms with van der Waals surface area (Å²) in [6.45, 7) is 2.83. The molecule has 8 heteroatoms. The van der Waals surface area contributed by atoms with Gasteiger partial charge in [0.2, 0.25) is 0 Å². The molecule has 6 nitrogen and oxygen atoms in total. The Bertz CT molecular complexity index is 895. The molecule has 1 N–H and O–H groups in total. The molecule has 3 heterocycles. The van der Waals surface area contributed by atoms with E-state index < -0.39 is 6.61 Å². The number of amidine groups is 1. The van der Waals surface area contributed by atoms with Crippen molar-refractivity contribution in [2.75, 3.05) is 33.3 Å². The molecule has 0 aromatic heterocycles. The van der Waals surface area contributed by atoms with Gasteiger partial charge in [-0.15, -0.1) is 0 Å². The Morgan fingerprint density at radius 2 is 2.10 bits per heavy atom. The maximum Gasteiger partial charge on any atom is 0.387 e. The van der Waals surface area contributed by atoms with Crippen molar-refractivity contribution in [3.8, 4) is 11.5 Å². The highest BCUT2D eigenvalue weighted by Gasteiger charge is 2.22. The van der Waals surface area contributed by atoms with Crippen LogP contribution in [0, 0.1) is 0 Å². The number of nitrogens with zero attached hydrogens (tertiary/aromatic N) is 3.